The van der Waals surface area contributed by atoms with Crippen molar-refractivity contribution in [3.8, 4) is 0 Å². The van der Waals surface area contributed by atoms with Crippen LogP contribution < -0.4 is 15.4 Å². The molecule has 1 aromatic carbocycles. The summed E-state index contributed by atoms with van der Waals surface area (Å²) in [6, 6.07) is 10.5. The van der Waals surface area contributed by atoms with Gasteiger partial charge in [0, 0.05) is 39.0 Å². The number of rotatable bonds is 5. The Bertz CT molecular complexity index is 1540. The monoisotopic (exact) mass is 565 g/mol. The lowest BCUT2D eigenvalue weighted by molar-refractivity contribution is -0.123. The molecule has 3 fully saturated rings. The average Bonchev–Trinajstić information content (AvgIpc) is 3.55. The fourth-order valence-electron chi connectivity index (χ4n) is 5.32. The molecule has 202 valence electrons. The molecule has 2 aromatic heterocycles. The predicted molar refractivity (Wildman–Crippen MR) is 156 cm³/mol. The molecule has 6 rings (SSSR count). The Morgan fingerprint density at radius 1 is 1.13 bits per heavy atom. The van der Waals surface area contributed by atoms with Gasteiger partial charge in [0.05, 0.1) is 28.8 Å². The highest BCUT2D eigenvalue weighted by Gasteiger charge is 2.35. The number of benzene rings is 1. The summed E-state index contributed by atoms with van der Waals surface area (Å²) in [5.74, 6) is 0.0470. The minimum atomic E-state index is -0.255. The van der Waals surface area contributed by atoms with Crippen molar-refractivity contribution in [2.24, 2.45) is 0 Å². The highest BCUT2D eigenvalue weighted by molar-refractivity contribution is 8.26. The van der Waals surface area contributed by atoms with E-state index in [0.29, 0.717) is 71.3 Å². The molecule has 11 heteroatoms. The Labute approximate surface area is 235 Å². The smallest absolute Gasteiger partial charge is 0.267 e. The Hall–Kier alpha value is -3.28. The summed E-state index contributed by atoms with van der Waals surface area (Å²) in [7, 11) is 0. The molecule has 3 saturated heterocycles. The second kappa shape index (κ2) is 10.7. The maximum atomic E-state index is 14.4. The first-order valence-electron chi connectivity index (χ1n) is 13.0. The number of piperazine rings is 1. The van der Waals surface area contributed by atoms with Crippen LogP contribution in [-0.4, -0.2) is 69.9 Å². The van der Waals surface area contributed by atoms with Gasteiger partial charge in [-0.15, -0.1) is 0 Å². The highest BCUT2D eigenvalue weighted by Crippen LogP contribution is 2.35. The number of carbonyl (C=O) groups excluding carboxylic acids is 1. The first kappa shape index (κ1) is 26.0. The van der Waals surface area contributed by atoms with Gasteiger partial charge in [-0.05, 0) is 49.6 Å². The van der Waals surface area contributed by atoms with E-state index < -0.39 is 0 Å². The predicted octanol–water partition coefficient (Wildman–Crippen LogP) is 3.85. The number of hydrogen-bond acceptors (Lipinski definition) is 8. The van der Waals surface area contributed by atoms with Gasteiger partial charge in [-0.25, -0.2) is 9.37 Å². The lowest BCUT2D eigenvalue weighted by Gasteiger charge is -2.37. The fourth-order valence-corrected chi connectivity index (χ4v) is 6.57. The summed E-state index contributed by atoms with van der Waals surface area (Å²) in [6.07, 6.45) is 5.18. The molecular formula is C28H28FN5O3S2. The number of pyridine rings is 1. The van der Waals surface area contributed by atoms with E-state index in [1.165, 1.54) is 22.2 Å². The van der Waals surface area contributed by atoms with Crippen molar-refractivity contribution < 1.29 is 13.9 Å². The molecule has 0 unspecified atom stereocenters. The number of thiocarbonyl (C=S) groups is 1. The second-order valence-electron chi connectivity index (χ2n) is 9.89. The topological polar surface area (TPSA) is 70.4 Å². The van der Waals surface area contributed by atoms with Crippen LogP contribution in [0, 0.1) is 12.7 Å². The molecule has 0 radical (unpaired) electrons. The molecule has 8 nitrogen and oxygen atoms in total. The van der Waals surface area contributed by atoms with Crippen LogP contribution in [0.3, 0.4) is 0 Å². The molecule has 1 atom stereocenters. The van der Waals surface area contributed by atoms with Gasteiger partial charge in [0.2, 0.25) is 0 Å². The van der Waals surface area contributed by atoms with Crippen molar-refractivity contribution in [3.05, 3.63) is 74.8 Å². The van der Waals surface area contributed by atoms with E-state index in [0.717, 1.165) is 18.4 Å². The average molecular weight is 566 g/mol. The SMILES string of the molecule is Cc1cccn2c(=O)c(/C=C3\SC(=S)N(C[C@H]4CCCO4)C3=O)c(N3CCN(c4ccccc4F)CC3)nc12. The second-order valence-corrected chi connectivity index (χ2v) is 11.6. The minimum absolute atomic E-state index is 0.0240. The number of fused-ring (bicyclic) bond motifs is 1. The van der Waals surface area contributed by atoms with E-state index in [-0.39, 0.29) is 23.4 Å². The quantitative estimate of drug-likeness (QED) is 0.342. The van der Waals surface area contributed by atoms with Crippen LogP contribution in [0.25, 0.3) is 11.7 Å². The molecule has 39 heavy (non-hydrogen) atoms. The van der Waals surface area contributed by atoms with E-state index in [1.807, 2.05) is 34.9 Å². The number of para-hydroxylation sites is 1. The first-order valence-corrected chi connectivity index (χ1v) is 14.3. The van der Waals surface area contributed by atoms with Gasteiger partial charge in [-0.1, -0.05) is 42.2 Å². The number of hydrogen-bond donors (Lipinski definition) is 0. The lowest BCUT2D eigenvalue weighted by atomic mass is 10.2. The van der Waals surface area contributed by atoms with E-state index in [1.54, 1.807) is 29.3 Å². The Morgan fingerprint density at radius 3 is 2.64 bits per heavy atom. The maximum Gasteiger partial charge on any atom is 0.267 e. The molecule has 0 N–H and O–H groups in total. The maximum absolute atomic E-state index is 14.4. The van der Waals surface area contributed by atoms with Crippen LogP contribution in [0.15, 0.2) is 52.3 Å². The molecule has 0 bridgehead atoms. The summed E-state index contributed by atoms with van der Waals surface area (Å²) in [5, 5.41) is 0. The number of halogens is 1. The largest absolute Gasteiger partial charge is 0.376 e. The third-order valence-corrected chi connectivity index (χ3v) is 8.77. The van der Waals surface area contributed by atoms with Gasteiger partial charge in [-0.2, -0.15) is 0 Å². The number of ether oxygens (including phenoxy) is 1. The summed E-state index contributed by atoms with van der Waals surface area (Å²) >= 11 is 6.73. The molecule has 3 aliphatic rings. The number of aryl methyl sites for hydroxylation is 1. The van der Waals surface area contributed by atoms with Crippen molar-refractivity contribution >= 4 is 57.4 Å². The highest BCUT2D eigenvalue weighted by atomic mass is 32.2. The number of thioether (sulfide) groups is 1. The lowest BCUT2D eigenvalue weighted by Crippen LogP contribution is -2.47. The Kier molecular flexibility index (Phi) is 7.13. The number of carbonyl (C=O) groups is 1. The van der Waals surface area contributed by atoms with Crippen molar-refractivity contribution in [3.63, 3.8) is 0 Å². The van der Waals surface area contributed by atoms with Gasteiger partial charge in [-0.3, -0.25) is 18.9 Å². The van der Waals surface area contributed by atoms with E-state index in [4.69, 9.17) is 21.9 Å². The van der Waals surface area contributed by atoms with Crippen LogP contribution in [-0.2, 0) is 9.53 Å². The van der Waals surface area contributed by atoms with Crippen molar-refractivity contribution in [1.82, 2.24) is 14.3 Å². The molecule has 3 aromatic rings. The van der Waals surface area contributed by atoms with Gasteiger partial charge in [0.1, 0.15) is 21.6 Å². The first-order chi connectivity index (χ1) is 18.9. The van der Waals surface area contributed by atoms with Crippen molar-refractivity contribution in [1.29, 1.82) is 0 Å². The zero-order valence-corrected chi connectivity index (χ0v) is 23.1. The van der Waals surface area contributed by atoms with Gasteiger partial charge in [0.15, 0.2) is 0 Å². The number of anilines is 2. The fraction of sp³-hybridized carbons (Fsp3) is 0.357. The third kappa shape index (κ3) is 4.94. The normalized spacial score (nSPS) is 21.1. The molecule has 0 saturated carbocycles. The van der Waals surface area contributed by atoms with Gasteiger partial charge < -0.3 is 14.5 Å². The minimum Gasteiger partial charge on any atom is -0.376 e. The summed E-state index contributed by atoms with van der Waals surface area (Å²) < 4.78 is 22.1. The molecule has 5 heterocycles. The molecule has 3 aliphatic heterocycles. The van der Waals surface area contributed by atoms with Crippen molar-refractivity contribution in [2.45, 2.75) is 25.9 Å². The van der Waals surface area contributed by atoms with Crippen LogP contribution in [0.5, 0.6) is 0 Å². The molecule has 0 aliphatic carbocycles. The van der Waals surface area contributed by atoms with Crippen LogP contribution >= 0.6 is 24.0 Å². The summed E-state index contributed by atoms with van der Waals surface area (Å²) in [5.41, 5.74) is 2.09. The van der Waals surface area contributed by atoms with E-state index in [2.05, 4.69) is 0 Å². The molecular weight excluding hydrogens is 537 g/mol. The zero-order valence-electron chi connectivity index (χ0n) is 21.5. The van der Waals surface area contributed by atoms with Gasteiger partial charge in [0.25, 0.3) is 11.5 Å². The number of amides is 1. The molecule has 0 spiro atoms. The van der Waals surface area contributed by atoms with Crippen LogP contribution in [0.1, 0.15) is 24.0 Å². The molecule has 1 amide bonds. The van der Waals surface area contributed by atoms with Crippen LogP contribution in [0.2, 0.25) is 0 Å². The van der Waals surface area contributed by atoms with Gasteiger partial charge >= 0.3 is 0 Å². The van der Waals surface area contributed by atoms with E-state index in [9.17, 15) is 14.0 Å². The van der Waals surface area contributed by atoms with Crippen molar-refractivity contribution in [2.75, 3.05) is 49.1 Å². The Balaban J connectivity index is 1.35. The Morgan fingerprint density at radius 2 is 1.90 bits per heavy atom. The van der Waals surface area contributed by atoms with E-state index >= 15 is 0 Å². The zero-order chi connectivity index (χ0) is 27.1. The summed E-state index contributed by atoms with van der Waals surface area (Å²) in [6.45, 7) is 5.26. The summed E-state index contributed by atoms with van der Waals surface area (Å²) in [4.78, 5) is 38.1. The number of nitrogens with zero attached hydrogens (tertiary/aromatic N) is 5. The third-order valence-electron chi connectivity index (χ3n) is 7.40. The van der Waals surface area contributed by atoms with Crippen LogP contribution in [0.4, 0.5) is 15.9 Å². The number of aromatic nitrogens is 2. The standard InChI is InChI=1S/C28H28FN5O3S2/c1-18-6-4-10-33-24(18)30-25(32-13-11-31(12-14-32)22-9-3-2-8-21(22)29)20(26(33)35)16-23-27(36)34(28(38)39-23)17-19-7-5-15-37-19/h2-4,6,8-10,16,19H,5,7,11-15,17H2,1H3/b23-16-/t19-/m1/s1.